The SMILES string of the molecule is CCCOc1cc(CC(O)CC)ccc1OC. The highest BCUT2D eigenvalue weighted by molar-refractivity contribution is 5.43. The van der Waals surface area contributed by atoms with E-state index in [1.807, 2.05) is 25.1 Å². The van der Waals surface area contributed by atoms with E-state index in [1.165, 1.54) is 0 Å². The highest BCUT2D eigenvalue weighted by atomic mass is 16.5. The maximum Gasteiger partial charge on any atom is 0.161 e. The van der Waals surface area contributed by atoms with E-state index in [0.717, 1.165) is 29.9 Å². The molecule has 0 aliphatic carbocycles. The summed E-state index contributed by atoms with van der Waals surface area (Å²) in [4.78, 5) is 0. The monoisotopic (exact) mass is 238 g/mol. The summed E-state index contributed by atoms with van der Waals surface area (Å²) in [6.07, 6.45) is 2.09. The molecule has 3 heteroatoms. The van der Waals surface area contributed by atoms with E-state index in [4.69, 9.17) is 9.47 Å². The first kappa shape index (κ1) is 13.8. The van der Waals surface area contributed by atoms with Crippen LogP contribution in [0.3, 0.4) is 0 Å². The van der Waals surface area contributed by atoms with Gasteiger partial charge in [-0.1, -0.05) is 19.9 Å². The summed E-state index contributed by atoms with van der Waals surface area (Å²) in [6.45, 7) is 4.72. The lowest BCUT2D eigenvalue weighted by atomic mass is 10.1. The molecular weight excluding hydrogens is 216 g/mol. The minimum absolute atomic E-state index is 0.289. The Labute approximate surface area is 103 Å². The third-order valence-corrected chi connectivity index (χ3v) is 2.63. The topological polar surface area (TPSA) is 38.7 Å². The fraction of sp³-hybridized carbons (Fsp3) is 0.571. The quantitative estimate of drug-likeness (QED) is 0.794. The average Bonchev–Trinajstić information content (AvgIpc) is 2.36. The zero-order valence-electron chi connectivity index (χ0n) is 10.9. The number of aliphatic hydroxyl groups excluding tert-OH is 1. The van der Waals surface area contributed by atoms with Crippen molar-refractivity contribution in [3.05, 3.63) is 23.8 Å². The van der Waals surface area contributed by atoms with Gasteiger partial charge in [-0.15, -0.1) is 0 Å². The molecule has 0 saturated heterocycles. The Bertz CT molecular complexity index is 336. The van der Waals surface area contributed by atoms with Crippen LogP contribution >= 0.6 is 0 Å². The van der Waals surface area contributed by atoms with E-state index in [-0.39, 0.29) is 6.10 Å². The number of ether oxygens (including phenoxy) is 2. The highest BCUT2D eigenvalue weighted by Crippen LogP contribution is 2.28. The summed E-state index contributed by atoms with van der Waals surface area (Å²) in [7, 11) is 1.63. The molecule has 3 nitrogen and oxygen atoms in total. The average molecular weight is 238 g/mol. The van der Waals surface area contributed by atoms with Gasteiger partial charge in [-0.25, -0.2) is 0 Å². The van der Waals surface area contributed by atoms with Crippen LogP contribution in [0.2, 0.25) is 0 Å². The second-order valence-corrected chi connectivity index (χ2v) is 4.10. The predicted molar refractivity (Wildman–Crippen MR) is 68.8 cm³/mol. The van der Waals surface area contributed by atoms with Crippen LogP contribution in [0.4, 0.5) is 0 Å². The van der Waals surface area contributed by atoms with Gasteiger partial charge in [0.2, 0.25) is 0 Å². The van der Waals surface area contributed by atoms with Gasteiger partial charge in [-0.05, 0) is 37.0 Å². The van der Waals surface area contributed by atoms with Crippen LogP contribution < -0.4 is 9.47 Å². The van der Waals surface area contributed by atoms with Crippen LogP contribution in [0, 0.1) is 0 Å². The molecule has 96 valence electrons. The van der Waals surface area contributed by atoms with Crippen LogP contribution in [0.1, 0.15) is 32.3 Å². The second kappa shape index (κ2) is 7.17. The molecule has 1 aromatic carbocycles. The van der Waals surface area contributed by atoms with Crippen LogP contribution in [0.5, 0.6) is 11.5 Å². The molecule has 0 aromatic heterocycles. The van der Waals surface area contributed by atoms with Crippen molar-refractivity contribution in [2.75, 3.05) is 13.7 Å². The predicted octanol–water partition coefficient (Wildman–Crippen LogP) is 2.80. The van der Waals surface area contributed by atoms with Gasteiger partial charge in [-0.3, -0.25) is 0 Å². The molecule has 1 N–H and O–H groups in total. The van der Waals surface area contributed by atoms with Crippen molar-refractivity contribution in [3.63, 3.8) is 0 Å². The molecule has 0 aliphatic heterocycles. The van der Waals surface area contributed by atoms with Gasteiger partial charge in [-0.2, -0.15) is 0 Å². The zero-order valence-corrected chi connectivity index (χ0v) is 10.9. The number of aliphatic hydroxyl groups is 1. The van der Waals surface area contributed by atoms with Gasteiger partial charge in [0.25, 0.3) is 0 Å². The molecule has 1 unspecified atom stereocenters. The molecule has 0 fully saturated rings. The molecule has 17 heavy (non-hydrogen) atoms. The number of hydrogen-bond donors (Lipinski definition) is 1. The Hall–Kier alpha value is -1.22. The largest absolute Gasteiger partial charge is 0.493 e. The molecule has 0 bridgehead atoms. The Kier molecular flexibility index (Phi) is 5.84. The van der Waals surface area contributed by atoms with E-state index < -0.39 is 0 Å². The molecule has 1 aromatic rings. The van der Waals surface area contributed by atoms with Crippen molar-refractivity contribution in [2.45, 2.75) is 39.2 Å². The molecule has 0 aliphatic rings. The maximum absolute atomic E-state index is 9.63. The first-order valence-corrected chi connectivity index (χ1v) is 6.19. The lowest BCUT2D eigenvalue weighted by molar-refractivity contribution is 0.170. The minimum atomic E-state index is -0.289. The maximum atomic E-state index is 9.63. The van der Waals surface area contributed by atoms with Crippen molar-refractivity contribution in [2.24, 2.45) is 0 Å². The van der Waals surface area contributed by atoms with Crippen LogP contribution in [0.15, 0.2) is 18.2 Å². The lowest BCUT2D eigenvalue weighted by Crippen LogP contribution is -2.08. The first-order chi connectivity index (χ1) is 8.21. The van der Waals surface area contributed by atoms with Crippen molar-refractivity contribution in [1.82, 2.24) is 0 Å². The Balaban J connectivity index is 2.80. The minimum Gasteiger partial charge on any atom is -0.493 e. The van der Waals surface area contributed by atoms with Gasteiger partial charge in [0.1, 0.15) is 0 Å². The van der Waals surface area contributed by atoms with Gasteiger partial charge >= 0.3 is 0 Å². The lowest BCUT2D eigenvalue weighted by Gasteiger charge is -2.13. The first-order valence-electron chi connectivity index (χ1n) is 6.19. The Morgan fingerprint density at radius 3 is 2.59 bits per heavy atom. The van der Waals surface area contributed by atoms with Gasteiger partial charge in [0.05, 0.1) is 19.8 Å². The van der Waals surface area contributed by atoms with Gasteiger partial charge < -0.3 is 14.6 Å². The van der Waals surface area contributed by atoms with E-state index in [0.29, 0.717) is 13.0 Å². The number of methoxy groups -OCH3 is 1. The second-order valence-electron chi connectivity index (χ2n) is 4.10. The molecule has 0 saturated carbocycles. The molecule has 1 atom stereocenters. The number of benzene rings is 1. The summed E-state index contributed by atoms with van der Waals surface area (Å²) in [5.41, 5.74) is 1.08. The number of rotatable bonds is 7. The van der Waals surface area contributed by atoms with Gasteiger partial charge in [0.15, 0.2) is 11.5 Å². The summed E-state index contributed by atoms with van der Waals surface area (Å²) in [5, 5.41) is 9.63. The molecule has 0 heterocycles. The zero-order chi connectivity index (χ0) is 12.7. The smallest absolute Gasteiger partial charge is 0.161 e. The van der Waals surface area contributed by atoms with E-state index >= 15 is 0 Å². The molecule has 1 rings (SSSR count). The molecular formula is C14H22O3. The fourth-order valence-electron chi connectivity index (χ4n) is 1.59. The van der Waals surface area contributed by atoms with E-state index in [2.05, 4.69) is 6.92 Å². The van der Waals surface area contributed by atoms with Crippen LogP contribution in [0.25, 0.3) is 0 Å². The van der Waals surface area contributed by atoms with Crippen molar-refractivity contribution < 1.29 is 14.6 Å². The third-order valence-electron chi connectivity index (χ3n) is 2.63. The van der Waals surface area contributed by atoms with Crippen molar-refractivity contribution >= 4 is 0 Å². The molecule has 0 spiro atoms. The van der Waals surface area contributed by atoms with Crippen molar-refractivity contribution in [3.8, 4) is 11.5 Å². The molecule has 0 amide bonds. The fourth-order valence-corrected chi connectivity index (χ4v) is 1.59. The Morgan fingerprint density at radius 1 is 1.24 bits per heavy atom. The van der Waals surface area contributed by atoms with Crippen LogP contribution in [-0.4, -0.2) is 24.9 Å². The van der Waals surface area contributed by atoms with Crippen LogP contribution in [-0.2, 0) is 6.42 Å². The standard InChI is InChI=1S/C14H22O3/c1-4-8-17-14-10-11(9-12(15)5-2)6-7-13(14)16-3/h6-7,10,12,15H,4-5,8-9H2,1-3H3. The summed E-state index contributed by atoms with van der Waals surface area (Å²) in [6, 6.07) is 5.81. The van der Waals surface area contributed by atoms with Gasteiger partial charge in [0, 0.05) is 0 Å². The van der Waals surface area contributed by atoms with E-state index in [1.54, 1.807) is 7.11 Å². The highest BCUT2D eigenvalue weighted by Gasteiger charge is 2.08. The summed E-state index contributed by atoms with van der Waals surface area (Å²) >= 11 is 0. The normalized spacial score (nSPS) is 12.2. The van der Waals surface area contributed by atoms with Crippen molar-refractivity contribution in [1.29, 1.82) is 0 Å². The summed E-state index contributed by atoms with van der Waals surface area (Å²) < 4.78 is 10.9. The number of hydrogen-bond acceptors (Lipinski definition) is 3. The Morgan fingerprint density at radius 2 is 2.00 bits per heavy atom. The third kappa shape index (κ3) is 4.27. The van der Waals surface area contributed by atoms with E-state index in [9.17, 15) is 5.11 Å². The molecule has 0 radical (unpaired) electrons. The summed E-state index contributed by atoms with van der Waals surface area (Å²) in [5.74, 6) is 1.50.